The van der Waals surface area contributed by atoms with Gasteiger partial charge in [-0.25, -0.2) is 4.98 Å². The van der Waals surface area contributed by atoms with Crippen molar-refractivity contribution in [3.63, 3.8) is 0 Å². The third-order valence-electron chi connectivity index (χ3n) is 4.34. The Morgan fingerprint density at radius 1 is 1.37 bits per heavy atom. The lowest BCUT2D eigenvalue weighted by molar-refractivity contribution is -0.122. The van der Waals surface area contributed by atoms with E-state index in [0.717, 1.165) is 18.7 Å². The lowest BCUT2D eigenvalue weighted by atomic mass is 9.89. The van der Waals surface area contributed by atoms with E-state index in [1.165, 1.54) is 32.1 Å². The van der Waals surface area contributed by atoms with Crippen LogP contribution in [0.2, 0.25) is 0 Å². The van der Waals surface area contributed by atoms with E-state index in [1.807, 2.05) is 6.20 Å². The quantitative estimate of drug-likeness (QED) is 0.892. The molecule has 0 aromatic carbocycles. The van der Waals surface area contributed by atoms with Crippen molar-refractivity contribution < 1.29 is 4.79 Å². The largest absolute Gasteiger partial charge is 0.356 e. The Balaban J connectivity index is 0.00000133. The fourth-order valence-corrected chi connectivity index (χ4v) is 3.07. The molecule has 1 heterocycles. The number of H-pyrrole nitrogens is 1. The van der Waals surface area contributed by atoms with Gasteiger partial charge in [-0.05, 0) is 25.2 Å². The molecular formula is C14H22ClN3O. The highest BCUT2D eigenvalue weighted by Gasteiger charge is 2.44. The van der Waals surface area contributed by atoms with E-state index in [0.29, 0.717) is 11.8 Å². The number of carbonyl (C=O) groups is 1. The predicted molar refractivity (Wildman–Crippen MR) is 76.3 cm³/mol. The van der Waals surface area contributed by atoms with Crippen LogP contribution in [-0.4, -0.2) is 22.4 Å². The van der Waals surface area contributed by atoms with Gasteiger partial charge in [0.25, 0.3) is 0 Å². The normalized spacial score (nSPS) is 26.5. The Labute approximate surface area is 120 Å². The Morgan fingerprint density at radius 3 is 2.84 bits per heavy atom. The smallest absolute Gasteiger partial charge is 0.223 e. The van der Waals surface area contributed by atoms with Crippen molar-refractivity contribution in [3.8, 4) is 0 Å². The molecule has 3 rings (SSSR count). The molecule has 2 N–H and O–H groups in total. The van der Waals surface area contributed by atoms with Gasteiger partial charge in [0.1, 0.15) is 0 Å². The minimum Gasteiger partial charge on any atom is -0.356 e. The van der Waals surface area contributed by atoms with Gasteiger partial charge in [0, 0.05) is 30.3 Å². The summed E-state index contributed by atoms with van der Waals surface area (Å²) < 4.78 is 0. The van der Waals surface area contributed by atoms with Gasteiger partial charge in [-0.3, -0.25) is 4.79 Å². The van der Waals surface area contributed by atoms with Crippen LogP contribution in [0.15, 0.2) is 12.5 Å². The maximum Gasteiger partial charge on any atom is 0.223 e. The summed E-state index contributed by atoms with van der Waals surface area (Å²) in [5.41, 5.74) is 1.10. The highest BCUT2D eigenvalue weighted by atomic mass is 35.5. The van der Waals surface area contributed by atoms with E-state index in [-0.39, 0.29) is 24.2 Å². The van der Waals surface area contributed by atoms with E-state index in [4.69, 9.17) is 0 Å². The minimum absolute atomic E-state index is 0. The minimum atomic E-state index is 0. The van der Waals surface area contributed by atoms with Crippen LogP contribution >= 0.6 is 12.4 Å². The van der Waals surface area contributed by atoms with Gasteiger partial charge < -0.3 is 10.3 Å². The highest BCUT2D eigenvalue weighted by Crippen LogP contribution is 2.46. The van der Waals surface area contributed by atoms with Crippen LogP contribution in [-0.2, 0) is 4.79 Å². The van der Waals surface area contributed by atoms with E-state index in [2.05, 4.69) is 15.3 Å². The van der Waals surface area contributed by atoms with Crippen molar-refractivity contribution in [2.24, 2.45) is 11.8 Å². The molecule has 2 aliphatic rings. The first kappa shape index (κ1) is 14.4. The standard InChI is InChI=1S/C14H21N3O.ClH/c18-14(16-7-10-4-2-1-3-5-10)12-6-11(12)13-8-15-9-17-13;/h8-12H,1-7H2,(H,15,17)(H,16,18);1H/t11-,12?;/m0./s1. The summed E-state index contributed by atoms with van der Waals surface area (Å²) in [6, 6.07) is 0. The molecule has 106 valence electrons. The number of hydrogen-bond donors (Lipinski definition) is 2. The fourth-order valence-electron chi connectivity index (χ4n) is 3.07. The van der Waals surface area contributed by atoms with Crippen molar-refractivity contribution in [2.45, 2.75) is 44.4 Å². The molecule has 0 bridgehead atoms. The van der Waals surface area contributed by atoms with Crippen molar-refractivity contribution in [2.75, 3.05) is 6.54 Å². The first-order valence-electron chi connectivity index (χ1n) is 7.10. The number of imidazole rings is 1. The van der Waals surface area contributed by atoms with Gasteiger partial charge in [-0.15, -0.1) is 12.4 Å². The van der Waals surface area contributed by atoms with Gasteiger partial charge in [-0.1, -0.05) is 19.3 Å². The van der Waals surface area contributed by atoms with Crippen LogP contribution in [0.3, 0.4) is 0 Å². The van der Waals surface area contributed by atoms with Gasteiger partial charge >= 0.3 is 0 Å². The van der Waals surface area contributed by atoms with Gasteiger partial charge in [0.15, 0.2) is 0 Å². The zero-order valence-corrected chi connectivity index (χ0v) is 11.9. The summed E-state index contributed by atoms with van der Waals surface area (Å²) in [5, 5.41) is 3.13. The number of hydrogen-bond acceptors (Lipinski definition) is 2. The van der Waals surface area contributed by atoms with Gasteiger partial charge in [0.2, 0.25) is 5.91 Å². The second kappa shape index (κ2) is 6.42. The topological polar surface area (TPSA) is 57.8 Å². The zero-order chi connectivity index (χ0) is 12.4. The molecule has 1 unspecified atom stereocenters. The molecule has 2 fully saturated rings. The first-order valence-corrected chi connectivity index (χ1v) is 7.10. The van der Waals surface area contributed by atoms with Crippen LogP contribution < -0.4 is 5.32 Å². The number of amides is 1. The zero-order valence-electron chi connectivity index (χ0n) is 11.1. The lowest BCUT2D eigenvalue weighted by Gasteiger charge is -2.21. The molecule has 1 amide bonds. The number of aromatic amines is 1. The molecule has 2 aliphatic carbocycles. The van der Waals surface area contributed by atoms with Crippen LogP contribution in [0.5, 0.6) is 0 Å². The predicted octanol–water partition coefficient (Wildman–Crippen LogP) is 2.63. The SMILES string of the molecule is Cl.O=C(NCC1CCCCC1)C1C[C@@H]1c1cnc[nH]1. The van der Waals surface area contributed by atoms with Gasteiger partial charge in [0.05, 0.1) is 6.33 Å². The molecule has 5 heteroatoms. The van der Waals surface area contributed by atoms with Crippen molar-refractivity contribution in [1.29, 1.82) is 0 Å². The molecule has 19 heavy (non-hydrogen) atoms. The summed E-state index contributed by atoms with van der Waals surface area (Å²) in [6.07, 6.45) is 11.1. The average Bonchev–Trinajstić information content (AvgIpc) is 3.03. The molecule has 1 aromatic rings. The van der Waals surface area contributed by atoms with Crippen molar-refractivity contribution >= 4 is 18.3 Å². The van der Waals surface area contributed by atoms with Crippen LogP contribution in [0.1, 0.15) is 50.1 Å². The van der Waals surface area contributed by atoms with Crippen molar-refractivity contribution in [3.05, 3.63) is 18.2 Å². The molecule has 2 saturated carbocycles. The maximum absolute atomic E-state index is 12.0. The van der Waals surface area contributed by atoms with Crippen molar-refractivity contribution in [1.82, 2.24) is 15.3 Å². The molecule has 0 saturated heterocycles. The summed E-state index contributed by atoms with van der Waals surface area (Å²) in [4.78, 5) is 19.1. The molecular weight excluding hydrogens is 262 g/mol. The number of aromatic nitrogens is 2. The van der Waals surface area contributed by atoms with Crippen LogP contribution in [0, 0.1) is 11.8 Å². The van der Waals surface area contributed by atoms with E-state index in [1.54, 1.807) is 6.33 Å². The summed E-state index contributed by atoms with van der Waals surface area (Å²) in [5.74, 6) is 1.50. The second-order valence-electron chi connectivity index (χ2n) is 5.70. The monoisotopic (exact) mass is 283 g/mol. The summed E-state index contributed by atoms with van der Waals surface area (Å²) in [7, 11) is 0. The van der Waals surface area contributed by atoms with Crippen LogP contribution in [0.4, 0.5) is 0 Å². The average molecular weight is 284 g/mol. The highest BCUT2D eigenvalue weighted by molar-refractivity contribution is 5.85. The lowest BCUT2D eigenvalue weighted by Crippen LogP contribution is -2.31. The molecule has 2 atom stereocenters. The molecule has 0 radical (unpaired) electrons. The number of nitrogens with zero attached hydrogens (tertiary/aromatic N) is 1. The number of rotatable bonds is 4. The Morgan fingerprint density at radius 2 is 2.16 bits per heavy atom. The molecule has 0 spiro atoms. The fraction of sp³-hybridized carbons (Fsp3) is 0.714. The third-order valence-corrected chi connectivity index (χ3v) is 4.34. The van der Waals surface area contributed by atoms with Crippen LogP contribution in [0.25, 0.3) is 0 Å². The number of nitrogens with one attached hydrogen (secondary N) is 2. The summed E-state index contributed by atoms with van der Waals surface area (Å²) in [6.45, 7) is 0.880. The molecule has 4 nitrogen and oxygen atoms in total. The number of carbonyl (C=O) groups excluding carboxylic acids is 1. The Bertz CT molecular complexity index is 401. The third kappa shape index (κ3) is 3.50. The van der Waals surface area contributed by atoms with E-state index >= 15 is 0 Å². The Kier molecular flexibility index (Phi) is 4.86. The number of halogens is 1. The molecule has 1 aromatic heterocycles. The van der Waals surface area contributed by atoms with Gasteiger partial charge in [-0.2, -0.15) is 0 Å². The summed E-state index contributed by atoms with van der Waals surface area (Å²) >= 11 is 0. The maximum atomic E-state index is 12.0. The van der Waals surface area contributed by atoms with E-state index in [9.17, 15) is 4.79 Å². The molecule has 0 aliphatic heterocycles. The Hall–Kier alpha value is -1.03. The second-order valence-corrected chi connectivity index (χ2v) is 5.70. The first-order chi connectivity index (χ1) is 8.84. The van der Waals surface area contributed by atoms with E-state index < -0.39 is 0 Å².